The molecule has 2 rings (SSSR count). The van der Waals surface area contributed by atoms with Crippen LogP contribution in [0.5, 0.6) is 0 Å². The standard InChI is InChI=1S/C17H33N/c1-2-12-18-14-17-11-7-6-10-16(17)13-15-8-4-3-5-9-15/h15-18H,2-14H2,1H3. The van der Waals surface area contributed by atoms with Gasteiger partial charge in [0.25, 0.3) is 0 Å². The van der Waals surface area contributed by atoms with Crippen LogP contribution >= 0.6 is 0 Å². The Hall–Kier alpha value is -0.0400. The van der Waals surface area contributed by atoms with Gasteiger partial charge in [0.2, 0.25) is 0 Å². The highest BCUT2D eigenvalue weighted by atomic mass is 14.9. The van der Waals surface area contributed by atoms with Gasteiger partial charge in [0, 0.05) is 0 Å². The molecule has 2 aliphatic rings. The minimum Gasteiger partial charge on any atom is -0.316 e. The maximum absolute atomic E-state index is 3.67. The molecule has 0 aromatic heterocycles. The second-order valence-corrected chi connectivity index (χ2v) is 6.75. The molecule has 1 nitrogen and oxygen atoms in total. The van der Waals surface area contributed by atoms with Crippen LogP contribution in [-0.4, -0.2) is 13.1 Å². The van der Waals surface area contributed by atoms with Crippen molar-refractivity contribution in [2.24, 2.45) is 17.8 Å². The Morgan fingerprint density at radius 3 is 2.22 bits per heavy atom. The molecule has 18 heavy (non-hydrogen) atoms. The summed E-state index contributed by atoms with van der Waals surface area (Å²) < 4.78 is 0. The first kappa shape index (κ1) is 14.4. The molecule has 0 heterocycles. The van der Waals surface area contributed by atoms with E-state index in [-0.39, 0.29) is 0 Å². The Morgan fingerprint density at radius 1 is 0.833 bits per heavy atom. The van der Waals surface area contributed by atoms with Gasteiger partial charge in [-0.25, -0.2) is 0 Å². The van der Waals surface area contributed by atoms with Crippen LogP contribution < -0.4 is 5.32 Å². The van der Waals surface area contributed by atoms with Gasteiger partial charge >= 0.3 is 0 Å². The van der Waals surface area contributed by atoms with E-state index in [1.54, 1.807) is 6.42 Å². The fourth-order valence-corrected chi connectivity index (χ4v) is 4.18. The Bertz CT molecular complexity index is 208. The van der Waals surface area contributed by atoms with E-state index >= 15 is 0 Å². The van der Waals surface area contributed by atoms with Crippen LogP contribution in [0.1, 0.15) is 77.6 Å². The Morgan fingerprint density at radius 2 is 1.50 bits per heavy atom. The second-order valence-electron chi connectivity index (χ2n) is 6.75. The predicted octanol–water partition coefficient (Wildman–Crippen LogP) is 4.76. The van der Waals surface area contributed by atoms with Gasteiger partial charge in [0.15, 0.2) is 0 Å². The molecule has 2 unspecified atom stereocenters. The van der Waals surface area contributed by atoms with E-state index in [2.05, 4.69) is 12.2 Å². The summed E-state index contributed by atoms with van der Waals surface area (Å²) in [7, 11) is 0. The Kier molecular flexibility index (Phi) is 6.54. The number of hydrogen-bond donors (Lipinski definition) is 1. The first-order valence-electron chi connectivity index (χ1n) is 8.61. The van der Waals surface area contributed by atoms with E-state index in [0.717, 1.165) is 17.8 Å². The van der Waals surface area contributed by atoms with Gasteiger partial charge in [-0.1, -0.05) is 58.3 Å². The zero-order valence-corrected chi connectivity index (χ0v) is 12.4. The van der Waals surface area contributed by atoms with Gasteiger partial charge in [-0.05, 0) is 50.1 Å². The molecule has 0 saturated heterocycles. The summed E-state index contributed by atoms with van der Waals surface area (Å²) in [6.45, 7) is 4.78. The van der Waals surface area contributed by atoms with Gasteiger partial charge in [-0.3, -0.25) is 0 Å². The van der Waals surface area contributed by atoms with Crippen molar-refractivity contribution in [3.63, 3.8) is 0 Å². The third kappa shape index (κ3) is 4.57. The fraction of sp³-hybridized carbons (Fsp3) is 1.00. The number of nitrogens with one attached hydrogen (secondary N) is 1. The average molecular weight is 251 g/mol. The van der Waals surface area contributed by atoms with E-state index in [4.69, 9.17) is 0 Å². The van der Waals surface area contributed by atoms with Crippen LogP contribution in [0.25, 0.3) is 0 Å². The SMILES string of the molecule is CCCNCC1CCCCC1CC1CCCCC1. The van der Waals surface area contributed by atoms with Crippen LogP contribution in [0, 0.1) is 17.8 Å². The molecule has 2 atom stereocenters. The van der Waals surface area contributed by atoms with Gasteiger partial charge in [-0.2, -0.15) is 0 Å². The molecule has 0 bridgehead atoms. The highest BCUT2D eigenvalue weighted by Gasteiger charge is 2.27. The molecular formula is C17H33N. The van der Waals surface area contributed by atoms with Gasteiger partial charge in [0.05, 0.1) is 0 Å². The van der Waals surface area contributed by atoms with Crippen molar-refractivity contribution in [2.75, 3.05) is 13.1 Å². The smallest absolute Gasteiger partial charge is 0.00179 e. The van der Waals surface area contributed by atoms with Crippen molar-refractivity contribution in [3.8, 4) is 0 Å². The van der Waals surface area contributed by atoms with Crippen LogP contribution in [0.2, 0.25) is 0 Å². The second kappa shape index (κ2) is 8.19. The summed E-state index contributed by atoms with van der Waals surface area (Å²) in [5.41, 5.74) is 0. The first-order valence-corrected chi connectivity index (χ1v) is 8.61. The lowest BCUT2D eigenvalue weighted by molar-refractivity contribution is 0.173. The van der Waals surface area contributed by atoms with E-state index in [1.807, 2.05) is 0 Å². The molecule has 106 valence electrons. The minimum atomic E-state index is 0.993. The van der Waals surface area contributed by atoms with Crippen molar-refractivity contribution >= 4 is 0 Å². The van der Waals surface area contributed by atoms with E-state index in [1.165, 1.54) is 77.3 Å². The first-order chi connectivity index (χ1) is 8.90. The molecule has 0 amide bonds. The number of hydrogen-bond acceptors (Lipinski definition) is 1. The lowest BCUT2D eigenvalue weighted by Crippen LogP contribution is -2.32. The molecule has 2 saturated carbocycles. The van der Waals surface area contributed by atoms with Gasteiger partial charge in [0.1, 0.15) is 0 Å². The number of rotatable bonds is 6. The molecule has 0 aromatic carbocycles. The summed E-state index contributed by atoms with van der Waals surface area (Å²) in [5, 5.41) is 3.67. The van der Waals surface area contributed by atoms with E-state index < -0.39 is 0 Å². The Balaban J connectivity index is 1.75. The molecule has 1 heteroatoms. The molecule has 0 aromatic rings. The lowest BCUT2D eigenvalue weighted by atomic mass is 9.72. The largest absolute Gasteiger partial charge is 0.316 e. The van der Waals surface area contributed by atoms with Gasteiger partial charge < -0.3 is 5.32 Å². The summed E-state index contributed by atoms with van der Waals surface area (Å²) in [6, 6.07) is 0. The van der Waals surface area contributed by atoms with Crippen LogP contribution in [0.3, 0.4) is 0 Å². The topological polar surface area (TPSA) is 12.0 Å². The fourth-order valence-electron chi connectivity index (χ4n) is 4.18. The molecule has 0 aliphatic heterocycles. The zero-order valence-electron chi connectivity index (χ0n) is 12.4. The quantitative estimate of drug-likeness (QED) is 0.671. The van der Waals surface area contributed by atoms with Crippen molar-refractivity contribution in [1.29, 1.82) is 0 Å². The highest BCUT2D eigenvalue weighted by molar-refractivity contribution is 4.80. The minimum absolute atomic E-state index is 0.993. The highest BCUT2D eigenvalue weighted by Crippen LogP contribution is 2.38. The molecule has 2 fully saturated rings. The lowest BCUT2D eigenvalue weighted by Gasteiger charge is -2.35. The van der Waals surface area contributed by atoms with Crippen molar-refractivity contribution < 1.29 is 0 Å². The molecule has 0 spiro atoms. The molecule has 1 N–H and O–H groups in total. The summed E-state index contributed by atoms with van der Waals surface area (Å²) in [5.74, 6) is 3.12. The molecular weight excluding hydrogens is 218 g/mol. The van der Waals surface area contributed by atoms with E-state index in [9.17, 15) is 0 Å². The predicted molar refractivity (Wildman–Crippen MR) is 79.8 cm³/mol. The summed E-state index contributed by atoms with van der Waals surface area (Å²) >= 11 is 0. The monoisotopic (exact) mass is 251 g/mol. The van der Waals surface area contributed by atoms with Crippen molar-refractivity contribution in [2.45, 2.75) is 77.6 Å². The van der Waals surface area contributed by atoms with E-state index in [0.29, 0.717) is 0 Å². The van der Waals surface area contributed by atoms with Crippen LogP contribution in [-0.2, 0) is 0 Å². The van der Waals surface area contributed by atoms with Crippen molar-refractivity contribution in [3.05, 3.63) is 0 Å². The third-order valence-corrected chi connectivity index (χ3v) is 5.26. The molecule has 2 aliphatic carbocycles. The van der Waals surface area contributed by atoms with Crippen LogP contribution in [0.15, 0.2) is 0 Å². The maximum atomic E-state index is 3.67. The average Bonchev–Trinajstić information content (AvgIpc) is 2.42. The normalized spacial score (nSPS) is 30.5. The summed E-state index contributed by atoms with van der Waals surface area (Å²) in [4.78, 5) is 0. The third-order valence-electron chi connectivity index (χ3n) is 5.26. The molecule has 0 radical (unpaired) electrons. The van der Waals surface area contributed by atoms with Crippen LogP contribution in [0.4, 0.5) is 0 Å². The summed E-state index contributed by atoms with van der Waals surface area (Å²) in [6.07, 6.45) is 16.4. The Labute approximate surface area is 114 Å². The zero-order chi connectivity index (χ0) is 12.6. The van der Waals surface area contributed by atoms with Crippen molar-refractivity contribution in [1.82, 2.24) is 5.32 Å². The van der Waals surface area contributed by atoms with Gasteiger partial charge in [-0.15, -0.1) is 0 Å². The maximum Gasteiger partial charge on any atom is -0.00179 e.